The van der Waals surface area contributed by atoms with E-state index in [1.807, 2.05) is 30.3 Å². The van der Waals surface area contributed by atoms with Crippen LogP contribution >= 0.6 is 15.9 Å². The minimum Gasteiger partial charge on any atom is -0.371 e. The van der Waals surface area contributed by atoms with Crippen LogP contribution in [0.1, 0.15) is 47.4 Å². The Labute approximate surface area is 193 Å². The molecule has 7 heteroatoms. The van der Waals surface area contributed by atoms with Gasteiger partial charge in [0, 0.05) is 42.0 Å². The van der Waals surface area contributed by atoms with Crippen LogP contribution in [0.25, 0.3) is 0 Å². The molecule has 0 saturated carbocycles. The van der Waals surface area contributed by atoms with E-state index in [0.29, 0.717) is 23.4 Å². The normalized spacial score (nSPS) is 13.5. The summed E-state index contributed by atoms with van der Waals surface area (Å²) < 4.78 is 0.732. The van der Waals surface area contributed by atoms with E-state index >= 15 is 0 Å². The number of nitrogens with zero attached hydrogens (tertiary/aromatic N) is 2. The van der Waals surface area contributed by atoms with E-state index in [2.05, 4.69) is 50.2 Å². The van der Waals surface area contributed by atoms with Gasteiger partial charge >= 0.3 is 0 Å². The molecule has 2 aromatic rings. The van der Waals surface area contributed by atoms with Gasteiger partial charge in [-0.25, -0.2) is 0 Å². The fourth-order valence-corrected chi connectivity index (χ4v) is 4.30. The van der Waals surface area contributed by atoms with Crippen molar-refractivity contribution in [1.82, 2.24) is 10.2 Å². The van der Waals surface area contributed by atoms with Crippen molar-refractivity contribution >= 4 is 39.1 Å². The molecule has 0 unspecified atom stereocenters. The van der Waals surface area contributed by atoms with Crippen LogP contribution in [0.2, 0.25) is 0 Å². The Morgan fingerprint density at radius 1 is 1.00 bits per heavy atom. The van der Waals surface area contributed by atoms with Crippen molar-refractivity contribution in [2.45, 2.75) is 26.7 Å². The average Bonchev–Trinajstić information content (AvgIpc) is 3.31. The number of likely N-dealkylation sites (N-methyl/N-ethyl adjacent to an activating group) is 1. The number of carbonyl (C=O) groups is 2. The van der Waals surface area contributed by atoms with Crippen LogP contribution in [-0.4, -0.2) is 56.0 Å². The zero-order valence-electron chi connectivity index (χ0n) is 18.3. The van der Waals surface area contributed by atoms with Gasteiger partial charge in [-0.1, -0.05) is 26.0 Å². The molecule has 0 atom stereocenters. The second-order valence-electron chi connectivity index (χ2n) is 7.64. The molecule has 0 aliphatic carbocycles. The van der Waals surface area contributed by atoms with Gasteiger partial charge in [0.1, 0.15) is 0 Å². The molecule has 1 aliphatic heterocycles. The summed E-state index contributed by atoms with van der Waals surface area (Å²) in [6, 6.07) is 12.9. The highest BCUT2D eigenvalue weighted by Gasteiger charge is 2.21. The van der Waals surface area contributed by atoms with E-state index in [-0.39, 0.29) is 11.8 Å². The zero-order valence-corrected chi connectivity index (χ0v) is 19.9. The molecule has 2 aromatic carbocycles. The van der Waals surface area contributed by atoms with Crippen molar-refractivity contribution < 1.29 is 9.59 Å². The van der Waals surface area contributed by atoms with Crippen LogP contribution in [0.4, 0.5) is 11.4 Å². The summed E-state index contributed by atoms with van der Waals surface area (Å²) in [7, 11) is 0. The van der Waals surface area contributed by atoms with Gasteiger partial charge in [-0.3, -0.25) is 9.59 Å². The van der Waals surface area contributed by atoms with E-state index in [1.165, 1.54) is 0 Å². The summed E-state index contributed by atoms with van der Waals surface area (Å²) in [5.74, 6) is -0.319. The molecule has 1 aliphatic rings. The zero-order chi connectivity index (χ0) is 22.2. The first kappa shape index (κ1) is 23.3. The number of hydrogen-bond acceptors (Lipinski definition) is 4. The lowest BCUT2D eigenvalue weighted by Crippen LogP contribution is -2.35. The van der Waals surface area contributed by atoms with Crippen LogP contribution in [0.3, 0.4) is 0 Å². The SMILES string of the molecule is CCN(CC)CCNC(=O)c1cc(NC(=O)c2ccccc2Br)ccc1N1CCCC1. The van der Waals surface area contributed by atoms with Crippen LogP contribution in [0.15, 0.2) is 46.9 Å². The van der Waals surface area contributed by atoms with Crippen molar-refractivity contribution in [2.24, 2.45) is 0 Å². The van der Waals surface area contributed by atoms with Crippen LogP contribution in [0.5, 0.6) is 0 Å². The summed E-state index contributed by atoms with van der Waals surface area (Å²) in [4.78, 5) is 30.3. The van der Waals surface area contributed by atoms with Crippen molar-refractivity contribution in [3.8, 4) is 0 Å². The summed E-state index contributed by atoms with van der Waals surface area (Å²) in [5, 5.41) is 5.98. The van der Waals surface area contributed by atoms with Crippen molar-refractivity contribution in [3.63, 3.8) is 0 Å². The predicted octanol–water partition coefficient (Wildman–Crippen LogP) is 4.37. The van der Waals surface area contributed by atoms with Crippen LogP contribution in [-0.2, 0) is 0 Å². The fraction of sp³-hybridized carbons (Fsp3) is 0.417. The van der Waals surface area contributed by atoms with Gasteiger partial charge < -0.3 is 20.4 Å². The highest BCUT2D eigenvalue weighted by molar-refractivity contribution is 9.10. The van der Waals surface area contributed by atoms with Gasteiger partial charge in [0.25, 0.3) is 11.8 Å². The molecule has 0 bridgehead atoms. The molecule has 1 heterocycles. The van der Waals surface area contributed by atoms with Gasteiger partial charge in [0.05, 0.1) is 11.1 Å². The molecule has 0 spiro atoms. The molecular weight excluding hydrogens is 456 g/mol. The molecular formula is C24H31BrN4O2. The van der Waals surface area contributed by atoms with Crippen LogP contribution in [0, 0.1) is 0 Å². The third kappa shape index (κ3) is 6.08. The van der Waals surface area contributed by atoms with Gasteiger partial charge in [0.15, 0.2) is 0 Å². The quantitative estimate of drug-likeness (QED) is 0.552. The minimum absolute atomic E-state index is 0.106. The molecule has 166 valence electrons. The van der Waals surface area contributed by atoms with Gasteiger partial charge in [0.2, 0.25) is 0 Å². The Bertz CT molecular complexity index is 908. The van der Waals surface area contributed by atoms with E-state index in [0.717, 1.165) is 55.7 Å². The molecule has 0 aromatic heterocycles. The van der Waals surface area contributed by atoms with Crippen molar-refractivity contribution in [2.75, 3.05) is 49.5 Å². The second-order valence-corrected chi connectivity index (χ2v) is 8.50. The maximum Gasteiger partial charge on any atom is 0.256 e. The lowest BCUT2D eigenvalue weighted by atomic mass is 10.1. The average molecular weight is 487 g/mol. The maximum atomic E-state index is 13.1. The van der Waals surface area contributed by atoms with E-state index in [4.69, 9.17) is 0 Å². The Morgan fingerprint density at radius 3 is 2.39 bits per heavy atom. The lowest BCUT2D eigenvalue weighted by Gasteiger charge is -2.23. The maximum absolute atomic E-state index is 13.1. The molecule has 31 heavy (non-hydrogen) atoms. The Balaban J connectivity index is 1.78. The topological polar surface area (TPSA) is 64.7 Å². The highest BCUT2D eigenvalue weighted by Crippen LogP contribution is 2.28. The summed E-state index contributed by atoms with van der Waals surface area (Å²) in [6.07, 6.45) is 2.26. The van der Waals surface area contributed by atoms with E-state index in [1.54, 1.807) is 12.1 Å². The standard InChI is InChI=1S/C24H31BrN4O2/c1-3-28(4-2)16-13-26-23(30)20-17-18(11-12-22(20)29-14-7-8-15-29)27-24(31)19-9-5-6-10-21(19)25/h5-6,9-12,17H,3-4,7-8,13-16H2,1-2H3,(H,26,30)(H,27,31). The number of halogens is 1. The van der Waals surface area contributed by atoms with Gasteiger partial charge in [-0.05, 0) is 72.2 Å². The largest absolute Gasteiger partial charge is 0.371 e. The molecule has 2 amide bonds. The third-order valence-electron chi connectivity index (χ3n) is 5.67. The number of anilines is 2. The number of rotatable bonds is 9. The van der Waals surface area contributed by atoms with E-state index in [9.17, 15) is 9.59 Å². The summed E-state index contributed by atoms with van der Waals surface area (Å²) >= 11 is 3.42. The summed E-state index contributed by atoms with van der Waals surface area (Å²) in [5.41, 5.74) is 2.69. The number of amides is 2. The first-order valence-electron chi connectivity index (χ1n) is 11.0. The lowest BCUT2D eigenvalue weighted by molar-refractivity contribution is 0.0948. The predicted molar refractivity (Wildman–Crippen MR) is 130 cm³/mol. The molecule has 0 radical (unpaired) electrons. The van der Waals surface area contributed by atoms with Crippen molar-refractivity contribution in [3.05, 3.63) is 58.1 Å². The number of hydrogen-bond donors (Lipinski definition) is 2. The molecule has 3 rings (SSSR count). The number of nitrogens with one attached hydrogen (secondary N) is 2. The minimum atomic E-state index is -0.214. The summed E-state index contributed by atoms with van der Waals surface area (Å²) in [6.45, 7) is 9.46. The molecule has 2 N–H and O–H groups in total. The Hall–Kier alpha value is -2.38. The van der Waals surface area contributed by atoms with Gasteiger partial charge in [-0.2, -0.15) is 0 Å². The van der Waals surface area contributed by atoms with Crippen molar-refractivity contribution in [1.29, 1.82) is 0 Å². The molecule has 1 saturated heterocycles. The number of benzene rings is 2. The van der Waals surface area contributed by atoms with Gasteiger partial charge in [-0.15, -0.1) is 0 Å². The first-order chi connectivity index (χ1) is 15.0. The highest BCUT2D eigenvalue weighted by atomic mass is 79.9. The second kappa shape index (κ2) is 11.3. The smallest absolute Gasteiger partial charge is 0.256 e. The first-order valence-corrected chi connectivity index (χ1v) is 11.8. The molecule has 6 nitrogen and oxygen atoms in total. The van der Waals surface area contributed by atoms with E-state index < -0.39 is 0 Å². The monoisotopic (exact) mass is 486 g/mol. The molecule has 1 fully saturated rings. The van der Waals surface area contributed by atoms with Crippen LogP contribution < -0.4 is 15.5 Å². The Morgan fingerprint density at radius 2 is 1.71 bits per heavy atom. The third-order valence-corrected chi connectivity index (χ3v) is 6.36. The fourth-order valence-electron chi connectivity index (χ4n) is 3.84. The Kier molecular flexibility index (Phi) is 8.49. The number of carbonyl (C=O) groups excluding carboxylic acids is 2.